The van der Waals surface area contributed by atoms with E-state index in [0.29, 0.717) is 41.9 Å². The van der Waals surface area contributed by atoms with Crippen molar-refractivity contribution in [1.29, 1.82) is 0 Å². The largest absolute Gasteiger partial charge is 0.493 e. The van der Waals surface area contributed by atoms with Crippen LogP contribution in [0.25, 0.3) is 0 Å². The average molecular weight is 685 g/mol. The van der Waals surface area contributed by atoms with Crippen LogP contribution in [0.1, 0.15) is 44.6 Å². The van der Waals surface area contributed by atoms with E-state index in [1.54, 1.807) is 31.6 Å². The second-order valence-electron chi connectivity index (χ2n) is 10.8. The number of methoxy groups -OCH3 is 2. The van der Waals surface area contributed by atoms with Gasteiger partial charge in [0, 0.05) is 24.1 Å². The summed E-state index contributed by atoms with van der Waals surface area (Å²) in [7, 11) is 3.16. The Morgan fingerprint density at radius 2 is 1.83 bits per heavy atom. The summed E-state index contributed by atoms with van der Waals surface area (Å²) in [6.07, 6.45) is 1.20. The van der Waals surface area contributed by atoms with E-state index in [1.807, 2.05) is 70.6 Å². The van der Waals surface area contributed by atoms with Gasteiger partial charge in [0.25, 0.3) is 11.8 Å². The number of halogens is 1. The molecule has 48 heavy (non-hydrogen) atoms. The molecule has 246 valence electrons. The second-order valence-corrected chi connectivity index (χ2v) is 12.7. The molecule has 3 heterocycles. The van der Waals surface area contributed by atoms with Gasteiger partial charge in [-0.15, -0.1) is 21.5 Å². The summed E-state index contributed by atoms with van der Waals surface area (Å²) in [5.41, 5.74) is 2.95. The predicted octanol–water partition coefficient (Wildman–Crippen LogP) is 6.14. The Morgan fingerprint density at radius 1 is 1.00 bits per heavy atom. The number of benzene rings is 3. The molecule has 6 rings (SSSR count). The number of carbonyl (C=O) groups excluding carboxylic acids is 2. The zero-order valence-electron chi connectivity index (χ0n) is 26.3. The summed E-state index contributed by atoms with van der Waals surface area (Å²) in [6, 6.07) is 24.7. The van der Waals surface area contributed by atoms with E-state index < -0.39 is 17.8 Å². The van der Waals surface area contributed by atoms with Gasteiger partial charge < -0.3 is 19.4 Å². The molecule has 1 N–H and O–H groups in total. The normalized spacial score (nSPS) is 14.1. The summed E-state index contributed by atoms with van der Waals surface area (Å²) >= 11 is 2.83. The number of hydrogen-bond acceptors (Lipinski definition) is 9. The highest BCUT2D eigenvalue weighted by Gasteiger charge is 2.36. The monoisotopic (exact) mass is 684 g/mol. The van der Waals surface area contributed by atoms with Crippen molar-refractivity contribution in [3.63, 3.8) is 0 Å². The number of carbonyl (C=O) groups is 2. The van der Waals surface area contributed by atoms with Gasteiger partial charge in [0.1, 0.15) is 5.82 Å². The summed E-state index contributed by atoms with van der Waals surface area (Å²) in [4.78, 5) is 27.7. The number of thiophene rings is 1. The molecular weight excluding hydrogens is 652 g/mol. The van der Waals surface area contributed by atoms with Crippen LogP contribution in [-0.4, -0.2) is 57.3 Å². The van der Waals surface area contributed by atoms with Crippen LogP contribution in [0.4, 0.5) is 4.39 Å². The first kappa shape index (κ1) is 32.9. The fourth-order valence-corrected chi connectivity index (χ4v) is 7.06. The number of para-hydroxylation sites is 1. The van der Waals surface area contributed by atoms with Gasteiger partial charge in [-0.1, -0.05) is 66.4 Å². The standard InChI is InChI=1S/C35H33FN6O4S2/c1-45-29-14-7-13-26(33(29)46-2)28-20-27(30-15-8-18-47-30)40-42(28)32(43)22-48-35-39-38-31(41(35)17-16-23-9-4-3-5-10-23)21-37-34(44)24-11-6-12-25(36)19-24/h3-15,18-19,28H,16-17,20-22H2,1-2H3,(H,37,44)/t28-/m0/s1. The average Bonchev–Trinajstić information content (AvgIpc) is 3.89. The van der Waals surface area contributed by atoms with E-state index >= 15 is 0 Å². The maximum absolute atomic E-state index is 14.0. The molecule has 0 unspecified atom stereocenters. The minimum atomic E-state index is -0.492. The van der Waals surface area contributed by atoms with Gasteiger partial charge in [-0.3, -0.25) is 9.59 Å². The van der Waals surface area contributed by atoms with Crippen molar-refractivity contribution in [2.24, 2.45) is 5.10 Å². The van der Waals surface area contributed by atoms with E-state index in [0.717, 1.165) is 21.7 Å². The van der Waals surface area contributed by atoms with Crippen LogP contribution in [0.2, 0.25) is 0 Å². The topological polar surface area (TPSA) is 111 Å². The molecule has 13 heteroatoms. The Hall–Kier alpha value is -5.01. The predicted molar refractivity (Wildman–Crippen MR) is 183 cm³/mol. The molecule has 0 saturated carbocycles. The van der Waals surface area contributed by atoms with Crippen molar-refractivity contribution in [2.45, 2.75) is 37.1 Å². The Bertz CT molecular complexity index is 1920. The van der Waals surface area contributed by atoms with Crippen molar-refractivity contribution in [3.05, 3.63) is 124 Å². The van der Waals surface area contributed by atoms with Gasteiger partial charge >= 0.3 is 0 Å². The van der Waals surface area contributed by atoms with Gasteiger partial charge in [0.05, 0.1) is 43.1 Å². The summed E-state index contributed by atoms with van der Waals surface area (Å²) in [5, 5.41) is 20.4. The molecule has 0 fully saturated rings. The third-order valence-corrected chi connectivity index (χ3v) is 9.71. The van der Waals surface area contributed by atoms with E-state index in [9.17, 15) is 14.0 Å². The first-order valence-electron chi connectivity index (χ1n) is 15.2. The maximum atomic E-state index is 14.0. The van der Waals surface area contributed by atoms with Gasteiger partial charge in [-0.05, 0) is 47.7 Å². The Morgan fingerprint density at radius 3 is 2.58 bits per heavy atom. The second kappa shape index (κ2) is 15.3. The highest BCUT2D eigenvalue weighted by Crippen LogP contribution is 2.42. The minimum Gasteiger partial charge on any atom is -0.493 e. The lowest BCUT2D eigenvalue weighted by Gasteiger charge is -2.24. The molecule has 5 aromatic rings. The lowest BCUT2D eigenvalue weighted by atomic mass is 9.99. The fourth-order valence-electron chi connectivity index (χ4n) is 5.50. The van der Waals surface area contributed by atoms with E-state index in [4.69, 9.17) is 14.6 Å². The van der Waals surface area contributed by atoms with Crippen LogP contribution < -0.4 is 14.8 Å². The molecule has 0 spiro atoms. The molecule has 0 bridgehead atoms. The zero-order valence-corrected chi connectivity index (χ0v) is 28.0. The summed E-state index contributed by atoms with van der Waals surface area (Å²) in [5.74, 6) is 0.568. The van der Waals surface area contributed by atoms with Crippen LogP contribution in [0, 0.1) is 5.82 Å². The number of aromatic nitrogens is 3. The molecule has 3 aromatic carbocycles. The van der Waals surface area contributed by atoms with Gasteiger partial charge in [-0.25, -0.2) is 9.40 Å². The molecule has 2 amide bonds. The smallest absolute Gasteiger partial charge is 0.253 e. The van der Waals surface area contributed by atoms with Gasteiger partial charge in [0.15, 0.2) is 22.5 Å². The SMILES string of the molecule is COc1cccc([C@@H]2CC(c3cccs3)=NN2C(=O)CSc2nnc(CNC(=O)c3cccc(F)c3)n2CCc2ccccc2)c1OC. The van der Waals surface area contributed by atoms with Gasteiger partial charge in [0.2, 0.25) is 0 Å². The van der Waals surface area contributed by atoms with Crippen molar-refractivity contribution < 1.29 is 23.5 Å². The molecule has 0 saturated heterocycles. The van der Waals surface area contributed by atoms with Crippen LogP contribution in [0.3, 0.4) is 0 Å². The first-order chi connectivity index (χ1) is 23.4. The molecule has 2 aromatic heterocycles. The molecule has 10 nitrogen and oxygen atoms in total. The summed E-state index contributed by atoms with van der Waals surface area (Å²) < 4.78 is 26.9. The number of amides is 2. The van der Waals surface area contributed by atoms with Crippen LogP contribution in [0.15, 0.2) is 101 Å². The van der Waals surface area contributed by atoms with Crippen molar-refractivity contribution in [1.82, 2.24) is 25.1 Å². The van der Waals surface area contributed by atoms with E-state index in [1.165, 1.54) is 35.0 Å². The van der Waals surface area contributed by atoms with Crippen molar-refractivity contribution >= 4 is 40.6 Å². The third kappa shape index (κ3) is 7.42. The number of nitrogens with zero attached hydrogens (tertiary/aromatic N) is 5. The van der Waals surface area contributed by atoms with Crippen LogP contribution in [-0.2, 0) is 24.3 Å². The number of hydrogen-bond donors (Lipinski definition) is 1. The quantitative estimate of drug-likeness (QED) is 0.148. The van der Waals surface area contributed by atoms with Crippen molar-refractivity contribution in [3.8, 4) is 11.5 Å². The summed E-state index contributed by atoms with van der Waals surface area (Å²) in [6.45, 7) is 0.594. The number of thioether (sulfide) groups is 1. The Labute approximate surface area is 285 Å². The van der Waals surface area contributed by atoms with Crippen LogP contribution in [0.5, 0.6) is 11.5 Å². The minimum absolute atomic E-state index is 0.0448. The lowest BCUT2D eigenvalue weighted by molar-refractivity contribution is -0.130. The number of rotatable bonds is 13. The maximum Gasteiger partial charge on any atom is 0.253 e. The number of ether oxygens (including phenoxy) is 2. The van der Waals surface area contributed by atoms with Crippen LogP contribution >= 0.6 is 23.1 Å². The zero-order chi connectivity index (χ0) is 33.5. The molecule has 0 aliphatic carbocycles. The lowest BCUT2D eigenvalue weighted by Crippen LogP contribution is -2.29. The highest BCUT2D eigenvalue weighted by molar-refractivity contribution is 7.99. The van der Waals surface area contributed by atoms with E-state index in [-0.39, 0.29) is 23.8 Å². The molecule has 1 atom stereocenters. The molecule has 0 radical (unpaired) electrons. The molecular formula is C35H33FN6O4S2. The first-order valence-corrected chi connectivity index (χ1v) is 17.1. The number of nitrogens with one attached hydrogen (secondary N) is 1. The van der Waals surface area contributed by atoms with E-state index in [2.05, 4.69) is 15.5 Å². The van der Waals surface area contributed by atoms with Crippen molar-refractivity contribution in [2.75, 3.05) is 20.0 Å². The Balaban J connectivity index is 1.23. The van der Waals surface area contributed by atoms with Gasteiger partial charge in [-0.2, -0.15) is 5.10 Å². The Kier molecular flexibility index (Phi) is 10.5. The highest BCUT2D eigenvalue weighted by atomic mass is 32.2. The molecule has 1 aliphatic heterocycles. The number of aryl methyl sites for hydroxylation is 1. The third-order valence-electron chi connectivity index (χ3n) is 7.84. The molecule has 1 aliphatic rings. The fraction of sp³-hybridized carbons (Fsp3) is 0.229. The number of hydrazone groups is 1.